The Labute approximate surface area is 442 Å². The molecule has 0 atom stereocenters. The van der Waals surface area contributed by atoms with E-state index in [0.29, 0.717) is 33.0 Å². The summed E-state index contributed by atoms with van der Waals surface area (Å²) >= 11 is 0. The second-order valence-electron chi connectivity index (χ2n) is 24.3. The number of hydrogen-bond donors (Lipinski definition) is 2. The highest BCUT2D eigenvalue weighted by atomic mass is 28.5. The van der Waals surface area contributed by atoms with Gasteiger partial charge in [-0.15, -0.1) is 0 Å². The summed E-state index contributed by atoms with van der Waals surface area (Å²) in [6.45, 7) is 60.2. The average Bonchev–Trinajstić information content (AvgIpc) is 2.98. The van der Waals surface area contributed by atoms with Crippen LogP contribution in [0.2, 0.25) is 189 Å². The summed E-state index contributed by atoms with van der Waals surface area (Å²) in [4.78, 5) is 0. The normalized spacial score (nSPS) is 15.3. The number of aliphatic hydroxyl groups excluding tert-OH is 2. The first-order valence-electron chi connectivity index (χ1n) is 24.9. The predicted octanol–water partition coefficient (Wildman–Crippen LogP) is 10.3. The number of rotatable bonds is 39. The smallest absolute Gasteiger partial charge is 0.322 e. The third kappa shape index (κ3) is 35.7. The van der Waals surface area contributed by atoms with Crippen LogP contribution in [0.4, 0.5) is 0 Å². The Kier molecular flexibility index (Phi) is 28.9. The van der Waals surface area contributed by atoms with Crippen molar-refractivity contribution in [1.29, 1.82) is 0 Å². The van der Waals surface area contributed by atoms with Crippen molar-refractivity contribution in [3.63, 3.8) is 0 Å². The molecule has 0 heterocycles. The van der Waals surface area contributed by atoms with Gasteiger partial charge in [0, 0.05) is 19.8 Å². The van der Waals surface area contributed by atoms with Gasteiger partial charge in [0.05, 0.1) is 26.4 Å². The molecule has 0 aromatic carbocycles. The molecule has 0 saturated carbocycles. The van der Waals surface area contributed by atoms with E-state index in [1.807, 2.05) is 91.7 Å². The van der Waals surface area contributed by atoms with Crippen LogP contribution >= 0.6 is 0 Å². The second kappa shape index (κ2) is 28.0. The lowest BCUT2D eigenvalue weighted by Crippen LogP contribution is -2.63. The second-order valence-corrected chi connectivity index (χ2v) is 75.6. The molecular formula is C38H106O18Si14. The van der Waals surface area contributed by atoms with Crippen LogP contribution in [-0.4, -0.2) is 176 Å². The molecule has 0 saturated heterocycles. The molecule has 0 amide bonds. The largest absolute Gasteiger partial charge is 0.436 e. The lowest BCUT2D eigenvalue weighted by Gasteiger charge is -2.45. The molecule has 0 fully saturated rings. The third-order valence-corrected chi connectivity index (χ3v) is 62.7. The maximum absolute atomic E-state index is 9.00. The van der Waals surface area contributed by atoms with Gasteiger partial charge in [-0.05, 0) is 202 Å². The molecule has 70 heavy (non-hydrogen) atoms. The van der Waals surface area contributed by atoms with Gasteiger partial charge in [0.1, 0.15) is 0 Å². The summed E-state index contributed by atoms with van der Waals surface area (Å²) in [7, 11) is -37.6. The van der Waals surface area contributed by atoms with Crippen LogP contribution in [0.5, 0.6) is 0 Å². The molecular weight excluding hydrogens is 1140 g/mol. The fraction of sp³-hybridized carbons (Fsp3) is 1.00. The minimum absolute atomic E-state index is 0.0103. The van der Waals surface area contributed by atoms with Gasteiger partial charge in [0.2, 0.25) is 0 Å². The van der Waals surface area contributed by atoms with Gasteiger partial charge in [0.15, 0.2) is 8.32 Å². The monoisotopic (exact) mass is 1240 g/mol. The van der Waals surface area contributed by atoms with Gasteiger partial charge in [0.25, 0.3) is 0 Å². The maximum atomic E-state index is 9.00. The summed E-state index contributed by atoms with van der Waals surface area (Å²) < 4.78 is 106. The lowest BCUT2D eigenvalue weighted by molar-refractivity contribution is 0.0807. The van der Waals surface area contributed by atoms with Crippen molar-refractivity contribution in [3.8, 4) is 0 Å². The van der Waals surface area contributed by atoms with E-state index in [0.717, 1.165) is 18.9 Å². The molecule has 0 aliphatic heterocycles. The van der Waals surface area contributed by atoms with Crippen LogP contribution in [-0.2, 0) is 67.4 Å². The van der Waals surface area contributed by atoms with Crippen molar-refractivity contribution in [2.24, 2.45) is 0 Å². The fourth-order valence-corrected chi connectivity index (χ4v) is 80.4. The molecule has 0 radical (unpaired) electrons. The van der Waals surface area contributed by atoms with Crippen LogP contribution in [0.15, 0.2) is 0 Å². The highest BCUT2D eigenvalue weighted by Gasteiger charge is 2.52. The number of ether oxygens (including phenoxy) is 2. The van der Waals surface area contributed by atoms with Gasteiger partial charge in [-0.25, -0.2) is 0 Å². The highest BCUT2D eigenvalue weighted by Crippen LogP contribution is 2.33. The average molecular weight is 1240 g/mol. The van der Waals surface area contributed by atoms with Crippen molar-refractivity contribution in [2.45, 2.75) is 202 Å². The quantitative estimate of drug-likeness (QED) is 0.0436. The number of aliphatic hydroxyl groups is 2. The first-order chi connectivity index (χ1) is 30.8. The number of hydrogen-bond acceptors (Lipinski definition) is 18. The van der Waals surface area contributed by atoms with Crippen molar-refractivity contribution >= 4 is 120 Å². The first kappa shape index (κ1) is 72.3. The topological polar surface area (TPSA) is 188 Å². The van der Waals surface area contributed by atoms with E-state index in [1.54, 1.807) is 0 Å². The predicted molar refractivity (Wildman–Crippen MR) is 315 cm³/mol. The minimum atomic E-state index is -2.82. The molecule has 0 aromatic rings. The van der Waals surface area contributed by atoms with Crippen LogP contribution in [0.1, 0.15) is 12.8 Å². The molecule has 0 aliphatic carbocycles. The summed E-state index contributed by atoms with van der Waals surface area (Å²) in [5.41, 5.74) is 0. The zero-order chi connectivity index (χ0) is 55.4. The Morgan fingerprint density at radius 2 is 0.429 bits per heavy atom. The van der Waals surface area contributed by atoms with Crippen molar-refractivity contribution in [1.82, 2.24) is 0 Å². The SMILES string of the molecule is C[Si](C)(CCCOCCO)O[Si](C)(C)O[Si](C)(C)O[Si](C)(C)O[Si](C)(C)O[Si](C)(C)O[Si](C)(C)O[Si](C)(C)O[Si](C)(C)O[Si](C)(C)O[Si](C)(C)O[Si](C)(C)O[Si](C)(C)O[Si](C)(C)OCCCOCCO. The highest BCUT2D eigenvalue weighted by molar-refractivity contribution is 6.94. The standard InChI is InChI=1S/C38H106O18Si14/c1-57(2,38-30-34-42-37-32-40)44-59(5,6)46-61(9,10)48-63(13,14)50-65(17,18)52-67(21,22)54-69(25,26)56-70(27,28)55-68(23,24)53-66(19,20)51-64(15,16)49-62(11,12)47-60(7,8)45-58(3,4)43-35-29-33-41-36-31-39/h39-40H,29-38H2,1-28H3. The first-order valence-corrected chi connectivity index (χ1v) is 64.7. The lowest BCUT2D eigenvalue weighted by atomic mass is 10.5. The van der Waals surface area contributed by atoms with Crippen LogP contribution < -0.4 is 0 Å². The molecule has 0 bridgehead atoms. The van der Waals surface area contributed by atoms with E-state index in [9.17, 15) is 0 Å². The third-order valence-electron chi connectivity index (χ3n) is 8.84. The maximum Gasteiger partial charge on any atom is 0.322 e. The summed E-state index contributed by atoms with van der Waals surface area (Å²) in [6.07, 6.45) is 1.61. The Balaban J connectivity index is 5.58. The summed E-state index contributed by atoms with van der Waals surface area (Å²) in [6, 6.07) is 0.944. The molecule has 32 heteroatoms. The molecule has 0 aromatic heterocycles. The Bertz CT molecular complexity index is 1540. The molecule has 0 aliphatic rings. The Hall–Kier alpha value is 2.32. The zero-order valence-corrected chi connectivity index (χ0v) is 63.5. The molecule has 422 valence electrons. The molecule has 0 spiro atoms. The van der Waals surface area contributed by atoms with E-state index in [1.165, 1.54) is 0 Å². The van der Waals surface area contributed by atoms with E-state index >= 15 is 0 Å². The van der Waals surface area contributed by atoms with Crippen molar-refractivity contribution < 1.29 is 77.6 Å². The van der Waals surface area contributed by atoms with Crippen LogP contribution in [0.3, 0.4) is 0 Å². The van der Waals surface area contributed by atoms with E-state index in [4.69, 9.17) is 77.6 Å². The fourth-order valence-electron chi connectivity index (χ4n) is 9.51. The summed E-state index contributed by atoms with van der Waals surface area (Å²) in [5.74, 6) is 0. The van der Waals surface area contributed by atoms with Gasteiger partial charge in [-0.1, -0.05) is 0 Å². The Morgan fingerprint density at radius 1 is 0.229 bits per heavy atom. The van der Waals surface area contributed by atoms with Crippen LogP contribution in [0.25, 0.3) is 0 Å². The van der Waals surface area contributed by atoms with Gasteiger partial charge < -0.3 is 77.6 Å². The van der Waals surface area contributed by atoms with Gasteiger partial charge >= 0.3 is 111 Å². The molecule has 0 rings (SSSR count). The van der Waals surface area contributed by atoms with Crippen molar-refractivity contribution in [2.75, 3.05) is 46.2 Å². The molecule has 18 nitrogen and oxygen atoms in total. The van der Waals surface area contributed by atoms with Crippen LogP contribution in [0, 0.1) is 0 Å². The Morgan fingerprint density at radius 3 is 0.657 bits per heavy atom. The van der Waals surface area contributed by atoms with E-state index in [2.05, 4.69) is 91.7 Å². The zero-order valence-electron chi connectivity index (χ0n) is 49.5. The van der Waals surface area contributed by atoms with Gasteiger partial charge in [-0.3, -0.25) is 0 Å². The molecule has 0 unspecified atom stereocenters. The van der Waals surface area contributed by atoms with Crippen molar-refractivity contribution in [3.05, 3.63) is 0 Å². The van der Waals surface area contributed by atoms with Gasteiger partial charge in [-0.2, -0.15) is 0 Å². The summed E-state index contributed by atoms with van der Waals surface area (Å²) in [5, 5.41) is 17.9. The molecule has 2 N–H and O–H groups in total. The van der Waals surface area contributed by atoms with E-state index < -0.39 is 120 Å². The minimum Gasteiger partial charge on any atom is -0.436 e. The van der Waals surface area contributed by atoms with E-state index in [-0.39, 0.29) is 13.2 Å².